The third kappa shape index (κ3) is 5.79. The largest absolute Gasteiger partial charge is 0.480 e. The molecular formula is C18H26ClN3O3S. The fraction of sp³-hybridized carbons (Fsp3) is 0.556. The van der Waals surface area contributed by atoms with Gasteiger partial charge in [0, 0.05) is 29.0 Å². The molecule has 0 aliphatic carbocycles. The molecule has 0 aromatic heterocycles. The maximum atomic E-state index is 12.6. The van der Waals surface area contributed by atoms with Gasteiger partial charge in [0.1, 0.15) is 0 Å². The van der Waals surface area contributed by atoms with E-state index in [9.17, 15) is 9.59 Å². The number of halogens is 1. The number of anilines is 1. The number of carbonyl (C=O) groups excluding carboxylic acids is 1. The van der Waals surface area contributed by atoms with Crippen LogP contribution in [0.15, 0.2) is 23.1 Å². The van der Waals surface area contributed by atoms with Crippen molar-refractivity contribution in [2.24, 2.45) is 0 Å². The fourth-order valence-electron chi connectivity index (χ4n) is 3.18. The maximum Gasteiger partial charge on any atom is 0.321 e. The van der Waals surface area contributed by atoms with Gasteiger partial charge in [0.05, 0.1) is 12.2 Å². The molecule has 1 aliphatic rings. The summed E-state index contributed by atoms with van der Waals surface area (Å²) in [6, 6.07) is 5.59. The number of carbonyl (C=O) groups is 2. The number of hydrogen-bond donors (Lipinski definition) is 2. The molecule has 144 valence electrons. The van der Waals surface area contributed by atoms with Gasteiger partial charge in [0.25, 0.3) is 0 Å². The Morgan fingerprint density at radius 3 is 2.62 bits per heavy atom. The van der Waals surface area contributed by atoms with E-state index in [0.717, 1.165) is 29.2 Å². The summed E-state index contributed by atoms with van der Waals surface area (Å²) in [5.74, 6) is 0.0979. The Morgan fingerprint density at radius 1 is 1.35 bits per heavy atom. The summed E-state index contributed by atoms with van der Waals surface area (Å²) < 4.78 is 0. The molecule has 1 aromatic rings. The van der Waals surface area contributed by atoms with Gasteiger partial charge in [-0.05, 0) is 43.3 Å². The summed E-state index contributed by atoms with van der Waals surface area (Å²) in [6.07, 6.45) is 1.56. The van der Waals surface area contributed by atoms with Crippen molar-refractivity contribution in [2.45, 2.75) is 37.6 Å². The van der Waals surface area contributed by atoms with Crippen LogP contribution in [0.3, 0.4) is 0 Å². The molecule has 1 fully saturated rings. The Hall–Kier alpha value is -1.44. The number of aliphatic carboxylic acids is 1. The molecule has 2 N–H and O–H groups in total. The van der Waals surface area contributed by atoms with Gasteiger partial charge in [0.2, 0.25) is 0 Å². The molecule has 8 heteroatoms. The molecule has 1 saturated heterocycles. The van der Waals surface area contributed by atoms with Crippen LogP contribution in [0.5, 0.6) is 0 Å². The number of thioether (sulfide) groups is 1. The fourth-order valence-corrected chi connectivity index (χ4v) is 4.10. The normalized spacial score (nSPS) is 15.3. The number of rotatable bonds is 7. The highest BCUT2D eigenvalue weighted by Gasteiger charge is 2.27. The zero-order valence-corrected chi connectivity index (χ0v) is 16.8. The van der Waals surface area contributed by atoms with Crippen molar-refractivity contribution in [2.75, 3.05) is 37.2 Å². The zero-order valence-electron chi connectivity index (χ0n) is 15.2. The number of nitrogens with one attached hydrogen (secondary N) is 1. The van der Waals surface area contributed by atoms with Crippen molar-refractivity contribution in [1.82, 2.24) is 9.80 Å². The number of benzene rings is 1. The summed E-state index contributed by atoms with van der Waals surface area (Å²) in [5.41, 5.74) is 0.734. The van der Waals surface area contributed by atoms with Crippen molar-refractivity contribution < 1.29 is 14.7 Å². The SMILES string of the molecule is CCSc1ccc(Cl)cc1NC(=O)N1CCC(N(CC)CC(=O)O)CC1. The first-order valence-electron chi connectivity index (χ1n) is 8.88. The quantitative estimate of drug-likeness (QED) is 0.681. The van der Waals surface area contributed by atoms with Gasteiger partial charge in [-0.3, -0.25) is 9.69 Å². The minimum atomic E-state index is -0.811. The third-order valence-electron chi connectivity index (χ3n) is 4.50. The van der Waals surface area contributed by atoms with Crippen molar-refractivity contribution in [3.8, 4) is 0 Å². The molecule has 0 bridgehead atoms. The van der Waals surface area contributed by atoms with Gasteiger partial charge in [0.15, 0.2) is 0 Å². The number of carboxylic acids is 1. The van der Waals surface area contributed by atoms with E-state index in [0.29, 0.717) is 24.7 Å². The lowest BCUT2D eigenvalue weighted by atomic mass is 10.0. The molecule has 1 aromatic carbocycles. The Morgan fingerprint density at radius 2 is 2.04 bits per heavy atom. The van der Waals surface area contributed by atoms with E-state index >= 15 is 0 Å². The smallest absolute Gasteiger partial charge is 0.321 e. The zero-order chi connectivity index (χ0) is 19.1. The number of nitrogens with zero attached hydrogens (tertiary/aromatic N) is 2. The van der Waals surface area contributed by atoms with Crippen molar-refractivity contribution >= 4 is 41.1 Å². The Bertz CT molecular complexity index is 636. The van der Waals surface area contributed by atoms with Gasteiger partial charge >= 0.3 is 12.0 Å². The number of carboxylic acid groups (broad SMARTS) is 1. The lowest BCUT2D eigenvalue weighted by Gasteiger charge is -2.37. The molecule has 2 amide bonds. The highest BCUT2D eigenvalue weighted by molar-refractivity contribution is 7.99. The van der Waals surface area contributed by atoms with Gasteiger partial charge in [-0.15, -0.1) is 11.8 Å². The van der Waals surface area contributed by atoms with Crippen LogP contribution in [0, 0.1) is 0 Å². The number of likely N-dealkylation sites (N-methyl/N-ethyl adjacent to an activating group) is 1. The second kappa shape index (κ2) is 10.0. The highest BCUT2D eigenvalue weighted by atomic mass is 35.5. The Kier molecular flexibility index (Phi) is 8.06. The second-order valence-electron chi connectivity index (χ2n) is 6.18. The first kappa shape index (κ1) is 20.9. The summed E-state index contributed by atoms with van der Waals surface area (Å²) in [7, 11) is 0. The van der Waals surface area contributed by atoms with Crippen LogP contribution in [0.25, 0.3) is 0 Å². The number of piperidine rings is 1. The van der Waals surface area contributed by atoms with Gasteiger partial charge in [-0.2, -0.15) is 0 Å². The summed E-state index contributed by atoms with van der Waals surface area (Å²) in [4.78, 5) is 28.3. The van der Waals surface area contributed by atoms with E-state index in [-0.39, 0.29) is 18.6 Å². The monoisotopic (exact) mass is 399 g/mol. The molecule has 0 radical (unpaired) electrons. The Balaban J connectivity index is 1.94. The molecule has 0 unspecified atom stereocenters. The van der Waals surface area contributed by atoms with E-state index in [1.54, 1.807) is 22.7 Å². The van der Waals surface area contributed by atoms with E-state index < -0.39 is 5.97 Å². The Labute approximate surface area is 163 Å². The van der Waals surface area contributed by atoms with Crippen LogP contribution in [0.1, 0.15) is 26.7 Å². The maximum absolute atomic E-state index is 12.6. The van der Waals surface area contributed by atoms with Gasteiger partial charge in [-0.1, -0.05) is 25.4 Å². The molecule has 1 aliphatic heterocycles. The summed E-state index contributed by atoms with van der Waals surface area (Å²) in [5, 5.41) is 12.6. The van der Waals surface area contributed by atoms with Crippen molar-refractivity contribution in [3.05, 3.63) is 23.2 Å². The average molecular weight is 400 g/mol. The minimum absolute atomic E-state index is 0.0491. The minimum Gasteiger partial charge on any atom is -0.480 e. The predicted octanol–water partition coefficient (Wildman–Crippen LogP) is 3.85. The number of hydrogen-bond acceptors (Lipinski definition) is 4. The third-order valence-corrected chi connectivity index (χ3v) is 5.69. The van der Waals surface area contributed by atoms with Gasteiger partial charge < -0.3 is 15.3 Å². The van der Waals surface area contributed by atoms with E-state index in [1.165, 1.54) is 0 Å². The number of urea groups is 1. The topological polar surface area (TPSA) is 72.9 Å². The molecule has 1 heterocycles. The first-order chi connectivity index (χ1) is 12.4. The number of amides is 2. The van der Waals surface area contributed by atoms with Crippen molar-refractivity contribution in [3.63, 3.8) is 0 Å². The van der Waals surface area contributed by atoms with Crippen LogP contribution < -0.4 is 5.32 Å². The molecule has 26 heavy (non-hydrogen) atoms. The van der Waals surface area contributed by atoms with E-state index in [1.807, 2.05) is 24.0 Å². The van der Waals surface area contributed by atoms with Crippen LogP contribution in [-0.2, 0) is 4.79 Å². The first-order valence-corrected chi connectivity index (χ1v) is 10.2. The highest BCUT2D eigenvalue weighted by Crippen LogP contribution is 2.30. The van der Waals surface area contributed by atoms with Crippen LogP contribution in [0.2, 0.25) is 5.02 Å². The predicted molar refractivity (Wildman–Crippen MR) is 106 cm³/mol. The molecule has 2 rings (SSSR count). The second-order valence-corrected chi connectivity index (χ2v) is 7.92. The summed E-state index contributed by atoms with van der Waals surface area (Å²) >= 11 is 7.73. The van der Waals surface area contributed by atoms with Crippen LogP contribution in [-0.4, -0.2) is 64.9 Å². The summed E-state index contributed by atoms with van der Waals surface area (Å²) in [6.45, 7) is 6.00. The average Bonchev–Trinajstić information content (AvgIpc) is 2.62. The molecule has 0 spiro atoms. The molecule has 0 saturated carbocycles. The molecule has 6 nitrogen and oxygen atoms in total. The number of likely N-dealkylation sites (tertiary alicyclic amines) is 1. The van der Waals surface area contributed by atoms with Crippen LogP contribution >= 0.6 is 23.4 Å². The standard InChI is InChI=1S/C18H26ClN3O3S/c1-3-21(12-17(23)24)14-7-9-22(10-8-14)18(25)20-15-11-13(19)5-6-16(15)26-4-2/h5-6,11,14H,3-4,7-10,12H2,1-2H3,(H,20,25)(H,23,24). The molecular weight excluding hydrogens is 374 g/mol. The molecule has 0 atom stereocenters. The van der Waals surface area contributed by atoms with E-state index in [4.69, 9.17) is 16.7 Å². The van der Waals surface area contributed by atoms with Crippen LogP contribution in [0.4, 0.5) is 10.5 Å². The lowest BCUT2D eigenvalue weighted by molar-refractivity contribution is -0.139. The van der Waals surface area contributed by atoms with Crippen molar-refractivity contribution in [1.29, 1.82) is 0 Å². The van der Waals surface area contributed by atoms with E-state index in [2.05, 4.69) is 12.2 Å². The lowest BCUT2D eigenvalue weighted by Crippen LogP contribution is -2.49. The van der Waals surface area contributed by atoms with Gasteiger partial charge in [-0.25, -0.2) is 4.79 Å².